The maximum absolute atomic E-state index is 12.0. The fourth-order valence-electron chi connectivity index (χ4n) is 1.30. The number of nitrogen functional groups attached to an aromatic ring is 1. The van der Waals surface area contributed by atoms with E-state index in [2.05, 4.69) is 25.8 Å². The number of rotatable bonds is 3. The van der Waals surface area contributed by atoms with Gasteiger partial charge in [0.15, 0.2) is 5.78 Å². The first-order valence-corrected chi connectivity index (χ1v) is 6.18. The molecule has 0 bridgehead atoms. The van der Waals surface area contributed by atoms with Gasteiger partial charge in [0.2, 0.25) is 0 Å². The number of anilines is 1. The molecule has 88 valence electrons. The van der Waals surface area contributed by atoms with Crippen LogP contribution in [0.1, 0.15) is 36.7 Å². The number of Topliss-reactive ketones (excluding diaryl/α,β-unsaturated/α-hetero) is 1. The van der Waals surface area contributed by atoms with E-state index in [0.717, 1.165) is 5.56 Å². The number of ketones is 1. The third-order valence-electron chi connectivity index (χ3n) is 2.10. The predicted octanol–water partition coefficient (Wildman–Crippen LogP) is 2.69. The molecule has 1 aromatic rings. The number of hydrogen-bond acceptors (Lipinski definition) is 4. The maximum atomic E-state index is 12.0. The van der Waals surface area contributed by atoms with Crippen LogP contribution in [0.25, 0.3) is 0 Å². The van der Waals surface area contributed by atoms with Crippen LogP contribution in [0.2, 0.25) is 0 Å². The highest BCUT2D eigenvalue weighted by Crippen LogP contribution is 2.25. The molecule has 4 heteroatoms. The van der Waals surface area contributed by atoms with Crippen molar-refractivity contribution in [1.29, 1.82) is 0 Å². The van der Waals surface area contributed by atoms with E-state index in [-0.39, 0.29) is 10.5 Å². The largest absolute Gasteiger partial charge is 0.383 e. The Morgan fingerprint density at radius 2 is 2.12 bits per heavy atom. The summed E-state index contributed by atoms with van der Waals surface area (Å²) in [6.07, 6.45) is 1.62. The zero-order valence-corrected chi connectivity index (χ0v) is 11.0. The quantitative estimate of drug-likeness (QED) is 0.823. The van der Waals surface area contributed by atoms with Crippen molar-refractivity contribution in [3.8, 4) is 0 Å². The third-order valence-corrected chi connectivity index (χ3v) is 3.38. The van der Waals surface area contributed by atoms with Crippen LogP contribution < -0.4 is 5.73 Å². The number of aromatic nitrogens is 1. The summed E-state index contributed by atoms with van der Waals surface area (Å²) in [6, 6.07) is 1.81. The predicted molar refractivity (Wildman–Crippen MR) is 69.9 cm³/mol. The van der Waals surface area contributed by atoms with Gasteiger partial charge in [-0.3, -0.25) is 4.79 Å². The molecule has 0 atom stereocenters. The summed E-state index contributed by atoms with van der Waals surface area (Å²) in [4.78, 5) is 15.9. The summed E-state index contributed by atoms with van der Waals surface area (Å²) in [6.45, 7) is 8.15. The molecular weight excluding hydrogens is 220 g/mol. The number of hydrogen-bond donors (Lipinski definition) is 1. The first-order chi connectivity index (χ1) is 7.31. The second-order valence-corrected chi connectivity index (χ2v) is 6.51. The van der Waals surface area contributed by atoms with Gasteiger partial charge in [0.25, 0.3) is 0 Å². The van der Waals surface area contributed by atoms with Crippen LogP contribution in [-0.2, 0) is 0 Å². The molecule has 16 heavy (non-hydrogen) atoms. The van der Waals surface area contributed by atoms with E-state index in [1.807, 2.05) is 13.0 Å². The molecule has 0 spiro atoms. The Bertz CT molecular complexity index is 376. The molecule has 1 aromatic heterocycles. The highest BCUT2D eigenvalue weighted by Gasteiger charge is 2.17. The Balaban J connectivity index is 2.81. The standard InChI is InChI=1S/C12H18N2OS/c1-8-5-6-14-11(13)10(8)9(15)7-16-12(2,3)4/h5-6H,7H2,1-4H3,(H2,13,14). The fraction of sp³-hybridized carbons (Fsp3) is 0.500. The van der Waals surface area contributed by atoms with Crippen LogP contribution >= 0.6 is 11.8 Å². The zero-order valence-electron chi connectivity index (χ0n) is 10.2. The van der Waals surface area contributed by atoms with Gasteiger partial charge in [0.05, 0.1) is 11.3 Å². The number of nitrogens with two attached hydrogens (primary N) is 1. The van der Waals surface area contributed by atoms with Crippen LogP contribution in [0.4, 0.5) is 5.82 Å². The van der Waals surface area contributed by atoms with Gasteiger partial charge in [-0.15, -0.1) is 11.8 Å². The molecule has 0 aliphatic heterocycles. The maximum Gasteiger partial charge on any atom is 0.176 e. The van der Waals surface area contributed by atoms with Crippen LogP contribution in [0.5, 0.6) is 0 Å². The Morgan fingerprint density at radius 1 is 1.50 bits per heavy atom. The van der Waals surface area contributed by atoms with Crippen molar-refractivity contribution in [2.75, 3.05) is 11.5 Å². The summed E-state index contributed by atoms with van der Waals surface area (Å²) in [7, 11) is 0. The molecule has 0 fully saturated rings. The second-order valence-electron chi connectivity index (χ2n) is 4.71. The van der Waals surface area contributed by atoms with Crippen molar-refractivity contribution in [2.24, 2.45) is 0 Å². The molecule has 2 N–H and O–H groups in total. The number of carbonyl (C=O) groups excluding carboxylic acids is 1. The van der Waals surface area contributed by atoms with Crippen molar-refractivity contribution in [3.63, 3.8) is 0 Å². The Labute approximate surface area is 101 Å². The molecule has 1 heterocycles. The summed E-state index contributed by atoms with van der Waals surface area (Å²) >= 11 is 1.62. The van der Waals surface area contributed by atoms with E-state index in [4.69, 9.17) is 5.73 Å². The van der Waals surface area contributed by atoms with Gasteiger partial charge in [-0.2, -0.15) is 0 Å². The molecule has 0 aliphatic rings. The lowest BCUT2D eigenvalue weighted by Crippen LogP contribution is -2.15. The lowest BCUT2D eigenvalue weighted by atomic mass is 10.1. The Morgan fingerprint density at radius 3 is 2.62 bits per heavy atom. The summed E-state index contributed by atoms with van der Waals surface area (Å²) in [5.41, 5.74) is 7.18. The highest BCUT2D eigenvalue weighted by atomic mass is 32.2. The van der Waals surface area contributed by atoms with Gasteiger partial charge in [0, 0.05) is 10.9 Å². The van der Waals surface area contributed by atoms with Crippen molar-refractivity contribution in [1.82, 2.24) is 4.98 Å². The average Bonchev–Trinajstić information content (AvgIpc) is 2.13. The smallest absolute Gasteiger partial charge is 0.176 e. The van der Waals surface area contributed by atoms with Gasteiger partial charge in [-0.25, -0.2) is 4.98 Å². The number of nitrogens with zero attached hydrogens (tertiary/aromatic N) is 1. The van der Waals surface area contributed by atoms with Crippen molar-refractivity contribution in [3.05, 3.63) is 23.4 Å². The van der Waals surface area contributed by atoms with Crippen molar-refractivity contribution >= 4 is 23.4 Å². The lowest BCUT2D eigenvalue weighted by Gasteiger charge is -2.17. The van der Waals surface area contributed by atoms with Crippen LogP contribution in [0, 0.1) is 6.92 Å². The fourth-order valence-corrected chi connectivity index (χ4v) is 2.00. The normalized spacial score (nSPS) is 11.5. The van der Waals surface area contributed by atoms with Crippen molar-refractivity contribution in [2.45, 2.75) is 32.4 Å². The van der Waals surface area contributed by atoms with Gasteiger partial charge in [0.1, 0.15) is 5.82 Å². The minimum absolute atomic E-state index is 0.0584. The number of thioether (sulfide) groups is 1. The summed E-state index contributed by atoms with van der Waals surface area (Å²) in [5.74, 6) is 0.836. The van der Waals surface area contributed by atoms with Gasteiger partial charge >= 0.3 is 0 Å². The molecule has 0 saturated carbocycles. The molecule has 0 aliphatic carbocycles. The molecular formula is C12H18N2OS. The van der Waals surface area contributed by atoms with Gasteiger partial charge in [-0.05, 0) is 18.6 Å². The van der Waals surface area contributed by atoms with E-state index < -0.39 is 0 Å². The van der Waals surface area contributed by atoms with E-state index in [1.165, 1.54) is 0 Å². The minimum Gasteiger partial charge on any atom is -0.383 e. The average molecular weight is 238 g/mol. The van der Waals surface area contributed by atoms with Crippen LogP contribution in [0.15, 0.2) is 12.3 Å². The van der Waals surface area contributed by atoms with E-state index in [9.17, 15) is 4.79 Å². The lowest BCUT2D eigenvalue weighted by molar-refractivity contribution is 0.102. The van der Waals surface area contributed by atoms with Crippen molar-refractivity contribution < 1.29 is 4.79 Å². The summed E-state index contributed by atoms with van der Waals surface area (Å²) < 4.78 is 0.0839. The molecule has 3 nitrogen and oxygen atoms in total. The number of pyridine rings is 1. The SMILES string of the molecule is Cc1ccnc(N)c1C(=O)CSC(C)(C)C. The zero-order chi connectivity index (χ0) is 12.3. The second kappa shape index (κ2) is 4.87. The molecule has 0 radical (unpaired) electrons. The Kier molecular flexibility index (Phi) is 3.97. The molecule has 0 amide bonds. The minimum atomic E-state index is 0.0584. The summed E-state index contributed by atoms with van der Waals surface area (Å²) in [5, 5.41) is 0. The topological polar surface area (TPSA) is 56.0 Å². The third kappa shape index (κ3) is 3.52. The van der Waals surface area contributed by atoms with E-state index in [0.29, 0.717) is 17.1 Å². The molecule has 0 unspecified atom stereocenters. The highest BCUT2D eigenvalue weighted by molar-refractivity contribution is 8.01. The monoisotopic (exact) mass is 238 g/mol. The Hall–Kier alpha value is -1.03. The first kappa shape index (κ1) is 13.0. The first-order valence-electron chi connectivity index (χ1n) is 5.19. The van der Waals surface area contributed by atoms with Crippen LogP contribution in [0.3, 0.4) is 0 Å². The van der Waals surface area contributed by atoms with Crippen LogP contribution in [-0.4, -0.2) is 21.3 Å². The number of carbonyl (C=O) groups is 1. The van der Waals surface area contributed by atoms with E-state index in [1.54, 1.807) is 18.0 Å². The van der Waals surface area contributed by atoms with Gasteiger partial charge < -0.3 is 5.73 Å². The molecule has 1 rings (SSSR count). The van der Waals surface area contributed by atoms with E-state index >= 15 is 0 Å². The molecule has 0 saturated heterocycles. The molecule has 0 aromatic carbocycles. The van der Waals surface area contributed by atoms with Gasteiger partial charge in [-0.1, -0.05) is 20.8 Å². The number of aryl methyl sites for hydroxylation is 1.